The summed E-state index contributed by atoms with van der Waals surface area (Å²) in [7, 11) is 0. The van der Waals surface area contributed by atoms with Gasteiger partial charge in [0.15, 0.2) is 0 Å². The molecule has 148 valence electrons. The molecule has 31 heavy (non-hydrogen) atoms. The van der Waals surface area contributed by atoms with Crippen LogP contribution in [0.25, 0.3) is 22.4 Å². The fourth-order valence-corrected chi connectivity index (χ4v) is 3.14. The molecule has 0 N–H and O–H groups in total. The predicted molar refractivity (Wildman–Crippen MR) is 115 cm³/mol. The molecule has 4 rings (SSSR count). The molecule has 0 spiro atoms. The Balaban J connectivity index is 1.54. The third-order valence-corrected chi connectivity index (χ3v) is 4.79. The zero-order valence-corrected chi connectivity index (χ0v) is 16.4. The number of halogens is 1. The van der Waals surface area contributed by atoms with Crippen LogP contribution in [-0.4, -0.2) is 4.98 Å². The number of ether oxygens (including phenoxy) is 1. The Kier molecular flexibility index (Phi) is 5.69. The van der Waals surface area contributed by atoms with Gasteiger partial charge in [0.2, 0.25) is 5.88 Å². The lowest BCUT2D eigenvalue weighted by Crippen LogP contribution is -2.00. The van der Waals surface area contributed by atoms with Crippen molar-refractivity contribution in [2.24, 2.45) is 0 Å². The van der Waals surface area contributed by atoms with Crippen LogP contribution >= 0.6 is 0 Å². The number of hydrogen-bond donors (Lipinski definition) is 0. The Hall–Kier alpha value is -4.48. The number of nitrogens with zero attached hydrogens (tertiary/aromatic N) is 3. The van der Waals surface area contributed by atoms with E-state index in [1.165, 1.54) is 6.07 Å². The molecule has 4 nitrogen and oxygen atoms in total. The summed E-state index contributed by atoms with van der Waals surface area (Å²) in [6, 6.07) is 29.1. The van der Waals surface area contributed by atoms with Crippen molar-refractivity contribution >= 4 is 0 Å². The molecule has 0 aliphatic rings. The molecule has 0 bridgehead atoms. The maximum absolute atomic E-state index is 14.1. The summed E-state index contributed by atoms with van der Waals surface area (Å²) in [6.07, 6.45) is 0. The molecule has 0 radical (unpaired) electrons. The number of benzene rings is 3. The minimum absolute atomic E-state index is 0.0132. The molecule has 1 heterocycles. The molecule has 0 atom stereocenters. The summed E-state index contributed by atoms with van der Waals surface area (Å²) in [6.45, 7) is 0.0132. The molecule has 0 aliphatic heterocycles. The lowest BCUT2D eigenvalue weighted by Gasteiger charge is -2.09. The van der Waals surface area contributed by atoms with Crippen molar-refractivity contribution < 1.29 is 9.13 Å². The molecule has 0 amide bonds. The highest BCUT2D eigenvalue weighted by Crippen LogP contribution is 2.27. The summed E-state index contributed by atoms with van der Waals surface area (Å²) in [5, 5.41) is 17.8. The van der Waals surface area contributed by atoms with E-state index in [-0.39, 0.29) is 12.2 Å². The van der Waals surface area contributed by atoms with Gasteiger partial charge in [0, 0.05) is 17.2 Å². The number of aromatic nitrogens is 1. The van der Waals surface area contributed by atoms with Gasteiger partial charge in [-0.2, -0.15) is 10.5 Å². The summed E-state index contributed by atoms with van der Waals surface area (Å²) < 4.78 is 19.8. The first kappa shape index (κ1) is 19.8. The van der Waals surface area contributed by atoms with Gasteiger partial charge >= 0.3 is 0 Å². The molecule has 0 fully saturated rings. The van der Waals surface area contributed by atoms with Crippen LogP contribution in [0.15, 0.2) is 84.9 Å². The Morgan fingerprint density at radius 1 is 0.742 bits per heavy atom. The van der Waals surface area contributed by atoms with Gasteiger partial charge in [-0.3, -0.25) is 0 Å². The molecule has 4 aromatic rings. The van der Waals surface area contributed by atoms with Crippen LogP contribution in [-0.2, 0) is 6.61 Å². The molecule has 0 saturated heterocycles. The number of pyridine rings is 1. The maximum atomic E-state index is 14.1. The van der Waals surface area contributed by atoms with Gasteiger partial charge in [0.05, 0.1) is 29.0 Å². The van der Waals surface area contributed by atoms with Gasteiger partial charge in [-0.05, 0) is 47.5 Å². The van der Waals surface area contributed by atoms with Gasteiger partial charge in [-0.25, -0.2) is 9.37 Å². The average Bonchev–Trinajstić information content (AvgIpc) is 2.83. The molecule has 3 aromatic carbocycles. The normalized spacial score (nSPS) is 10.2. The van der Waals surface area contributed by atoms with Crippen LogP contribution in [0.1, 0.15) is 16.7 Å². The maximum Gasteiger partial charge on any atom is 0.214 e. The number of hydrogen-bond acceptors (Lipinski definition) is 4. The largest absolute Gasteiger partial charge is 0.473 e. The fourth-order valence-electron chi connectivity index (χ4n) is 3.14. The van der Waals surface area contributed by atoms with E-state index in [0.717, 1.165) is 22.4 Å². The van der Waals surface area contributed by atoms with Gasteiger partial charge in [-0.15, -0.1) is 0 Å². The molecular formula is C26H16FN3O. The standard InChI is InChI=1S/C26H16FN3O/c27-24-13-19(16-29)9-12-23(24)17-31-26-6-2-5-25(30-26)22-4-1-3-21(14-22)20-10-7-18(15-28)8-11-20/h1-14H,17H2. The topological polar surface area (TPSA) is 69.7 Å². The quantitative estimate of drug-likeness (QED) is 0.416. The predicted octanol–water partition coefficient (Wildman–Crippen LogP) is 5.88. The van der Waals surface area contributed by atoms with Crippen molar-refractivity contribution in [3.8, 4) is 40.4 Å². The van der Waals surface area contributed by atoms with Crippen LogP contribution in [0.5, 0.6) is 5.88 Å². The summed E-state index contributed by atoms with van der Waals surface area (Å²) in [4.78, 5) is 4.54. The van der Waals surface area contributed by atoms with Crippen molar-refractivity contribution in [2.75, 3.05) is 0 Å². The van der Waals surface area contributed by atoms with Gasteiger partial charge in [0.1, 0.15) is 12.4 Å². The third kappa shape index (κ3) is 4.58. The van der Waals surface area contributed by atoms with Crippen molar-refractivity contribution in [1.82, 2.24) is 4.98 Å². The summed E-state index contributed by atoms with van der Waals surface area (Å²) >= 11 is 0. The van der Waals surface area contributed by atoms with Crippen LogP contribution in [0, 0.1) is 28.5 Å². The Morgan fingerprint density at radius 2 is 1.45 bits per heavy atom. The molecular weight excluding hydrogens is 389 g/mol. The van der Waals surface area contributed by atoms with E-state index in [2.05, 4.69) is 11.1 Å². The number of rotatable bonds is 5. The second-order valence-electron chi connectivity index (χ2n) is 6.84. The lowest BCUT2D eigenvalue weighted by atomic mass is 10.0. The zero-order valence-electron chi connectivity index (χ0n) is 16.4. The Bertz CT molecular complexity index is 1320. The minimum Gasteiger partial charge on any atom is -0.473 e. The lowest BCUT2D eigenvalue weighted by molar-refractivity contribution is 0.288. The Labute approximate surface area is 179 Å². The van der Waals surface area contributed by atoms with Crippen molar-refractivity contribution in [3.63, 3.8) is 0 Å². The second-order valence-corrected chi connectivity index (χ2v) is 6.84. The average molecular weight is 405 g/mol. The van der Waals surface area contributed by atoms with E-state index >= 15 is 0 Å². The first-order valence-electron chi connectivity index (χ1n) is 9.55. The van der Waals surface area contributed by atoms with Gasteiger partial charge < -0.3 is 4.74 Å². The van der Waals surface area contributed by atoms with Crippen molar-refractivity contribution in [1.29, 1.82) is 10.5 Å². The summed E-state index contributed by atoms with van der Waals surface area (Å²) in [5.74, 6) is -0.102. The molecule has 0 unspecified atom stereocenters. The van der Waals surface area contributed by atoms with Crippen LogP contribution in [0.2, 0.25) is 0 Å². The Morgan fingerprint density at radius 3 is 2.19 bits per heavy atom. The van der Waals surface area contributed by atoms with E-state index in [1.807, 2.05) is 54.6 Å². The van der Waals surface area contributed by atoms with E-state index in [4.69, 9.17) is 15.3 Å². The van der Waals surface area contributed by atoms with Crippen molar-refractivity contribution in [3.05, 3.63) is 107 Å². The van der Waals surface area contributed by atoms with Crippen molar-refractivity contribution in [2.45, 2.75) is 6.61 Å². The first-order chi connectivity index (χ1) is 15.2. The highest BCUT2D eigenvalue weighted by Gasteiger charge is 2.08. The van der Waals surface area contributed by atoms with E-state index in [0.29, 0.717) is 17.0 Å². The zero-order chi connectivity index (χ0) is 21.6. The molecule has 0 aliphatic carbocycles. The molecule has 0 saturated carbocycles. The highest BCUT2D eigenvalue weighted by molar-refractivity contribution is 5.71. The number of nitriles is 2. The third-order valence-electron chi connectivity index (χ3n) is 4.79. The van der Waals surface area contributed by atoms with Crippen LogP contribution in [0.4, 0.5) is 4.39 Å². The first-order valence-corrected chi connectivity index (χ1v) is 9.55. The fraction of sp³-hybridized carbons (Fsp3) is 0.0385. The van der Waals surface area contributed by atoms with E-state index in [1.54, 1.807) is 30.3 Å². The molecule has 1 aromatic heterocycles. The monoisotopic (exact) mass is 405 g/mol. The van der Waals surface area contributed by atoms with Crippen LogP contribution in [0.3, 0.4) is 0 Å². The SMILES string of the molecule is N#Cc1ccc(-c2cccc(-c3cccc(OCc4ccc(C#N)cc4F)n3)c2)cc1. The minimum atomic E-state index is -0.481. The van der Waals surface area contributed by atoms with Gasteiger partial charge in [-0.1, -0.05) is 42.5 Å². The molecule has 5 heteroatoms. The second kappa shape index (κ2) is 8.90. The van der Waals surface area contributed by atoms with E-state index < -0.39 is 5.82 Å². The van der Waals surface area contributed by atoms with Crippen LogP contribution < -0.4 is 4.74 Å². The smallest absolute Gasteiger partial charge is 0.214 e. The summed E-state index contributed by atoms with van der Waals surface area (Å²) in [5.41, 5.74) is 4.90. The van der Waals surface area contributed by atoms with E-state index in [9.17, 15) is 4.39 Å². The highest BCUT2D eigenvalue weighted by atomic mass is 19.1. The van der Waals surface area contributed by atoms with Gasteiger partial charge in [0.25, 0.3) is 0 Å².